The van der Waals surface area contributed by atoms with Crippen LogP contribution in [-0.2, 0) is 9.59 Å². The van der Waals surface area contributed by atoms with Gasteiger partial charge in [-0.05, 0) is 32.2 Å². The highest BCUT2D eigenvalue weighted by molar-refractivity contribution is 7.99. The van der Waals surface area contributed by atoms with Gasteiger partial charge < -0.3 is 21.3 Å². The Morgan fingerprint density at radius 1 is 1.33 bits per heavy atom. The highest BCUT2D eigenvalue weighted by Crippen LogP contribution is 2.31. The maximum Gasteiger partial charge on any atom is 0.239 e. The smallest absolute Gasteiger partial charge is 0.239 e. The summed E-state index contributed by atoms with van der Waals surface area (Å²) in [6, 6.07) is -0.572. The van der Waals surface area contributed by atoms with Crippen LogP contribution in [0.3, 0.4) is 0 Å². The summed E-state index contributed by atoms with van der Waals surface area (Å²) in [7, 11) is 4.09. The van der Waals surface area contributed by atoms with Crippen LogP contribution in [0.25, 0.3) is 0 Å². The van der Waals surface area contributed by atoms with E-state index >= 15 is 0 Å². The number of nitrogens with zero attached hydrogens (tertiary/aromatic N) is 1. The van der Waals surface area contributed by atoms with Gasteiger partial charge >= 0.3 is 0 Å². The Morgan fingerprint density at radius 2 is 2.00 bits per heavy atom. The van der Waals surface area contributed by atoms with Crippen molar-refractivity contribution in [3.63, 3.8) is 0 Å². The van der Waals surface area contributed by atoms with Gasteiger partial charge in [-0.3, -0.25) is 9.59 Å². The Balaban J connectivity index is 2.36. The maximum atomic E-state index is 11.9. The van der Waals surface area contributed by atoms with Crippen LogP contribution in [0, 0.1) is 5.92 Å². The van der Waals surface area contributed by atoms with Gasteiger partial charge in [0.05, 0.1) is 12.6 Å². The molecule has 0 bridgehead atoms. The summed E-state index contributed by atoms with van der Waals surface area (Å²) < 4.78 is 0. The van der Waals surface area contributed by atoms with E-state index in [1.54, 1.807) is 0 Å². The first-order chi connectivity index (χ1) is 9.78. The third kappa shape index (κ3) is 5.16. The molecule has 1 aliphatic heterocycles. The average Bonchev–Trinajstić information content (AvgIpc) is 2.91. The number of hydrogen-bond acceptors (Lipinski definition) is 5. The van der Waals surface area contributed by atoms with Crippen LogP contribution in [0.2, 0.25) is 0 Å². The molecule has 1 fully saturated rings. The molecule has 0 spiro atoms. The first-order valence-electron chi connectivity index (χ1n) is 7.33. The van der Waals surface area contributed by atoms with E-state index in [-0.39, 0.29) is 29.8 Å². The van der Waals surface area contributed by atoms with E-state index in [0.717, 1.165) is 17.9 Å². The van der Waals surface area contributed by atoms with Gasteiger partial charge in [0.1, 0.15) is 0 Å². The van der Waals surface area contributed by atoms with Crippen molar-refractivity contribution < 1.29 is 9.59 Å². The molecule has 0 aliphatic carbocycles. The van der Waals surface area contributed by atoms with Gasteiger partial charge in [0.25, 0.3) is 0 Å². The van der Waals surface area contributed by atoms with E-state index in [9.17, 15) is 9.59 Å². The maximum absolute atomic E-state index is 11.9. The molecule has 1 saturated heterocycles. The summed E-state index contributed by atoms with van der Waals surface area (Å²) in [5, 5.41) is 5.51. The molecule has 122 valence electrons. The Kier molecular flexibility index (Phi) is 6.96. The fourth-order valence-corrected chi connectivity index (χ4v) is 3.71. The number of likely N-dealkylation sites (N-methyl/N-ethyl adjacent to an activating group) is 1. The molecule has 7 heteroatoms. The molecule has 1 aliphatic rings. The molecule has 0 radical (unpaired) electrons. The molecule has 2 amide bonds. The summed E-state index contributed by atoms with van der Waals surface area (Å²) in [6.45, 7) is 4.35. The zero-order valence-electron chi connectivity index (χ0n) is 13.4. The lowest BCUT2D eigenvalue weighted by Gasteiger charge is -2.35. The minimum atomic E-state index is -0.572. The van der Waals surface area contributed by atoms with Crippen LogP contribution in [0.5, 0.6) is 0 Å². The van der Waals surface area contributed by atoms with Crippen molar-refractivity contribution in [3.8, 4) is 0 Å². The van der Waals surface area contributed by atoms with E-state index < -0.39 is 6.04 Å². The molecule has 4 N–H and O–H groups in total. The van der Waals surface area contributed by atoms with Crippen molar-refractivity contribution in [1.82, 2.24) is 15.5 Å². The van der Waals surface area contributed by atoms with Crippen molar-refractivity contribution in [1.29, 1.82) is 0 Å². The molecule has 1 unspecified atom stereocenters. The fourth-order valence-electron chi connectivity index (χ4n) is 2.16. The first kappa shape index (κ1) is 18.3. The predicted octanol–water partition coefficient (Wildman–Crippen LogP) is -0.361. The Hall–Kier alpha value is -0.790. The molecule has 1 rings (SSSR count). The fraction of sp³-hybridized carbons (Fsp3) is 0.857. The van der Waals surface area contributed by atoms with E-state index in [4.69, 9.17) is 5.73 Å². The van der Waals surface area contributed by atoms with E-state index in [1.807, 2.05) is 39.7 Å². The summed E-state index contributed by atoms with van der Waals surface area (Å²) >= 11 is 1.91. The lowest BCUT2D eigenvalue weighted by molar-refractivity contribution is -0.127. The van der Waals surface area contributed by atoms with Crippen LogP contribution in [0.4, 0.5) is 0 Å². The number of carbonyl (C=O) groups is 2. The normalized spacial score (nSPS) is 23.4. The lowest BCUT2D eigenvalue weighted by atomic mass is 9.97. The summed E-state index contributed by atoms with van der Waals surface area (Å²) in [5.74, 6) is 1.75. The van der Waals surface area contributed by atoms with Gasteiger partial charge in [0.15, 0.2) is 0 Å². The molecule has 21 heavy (non-hydrogen) atoms. The lowest BCUT2D eigenvalue weighted by Crippen LogP contribution is -2.54. The summed E-state index contributed by atoms with van der Waals surface area (Å²) in [4.78, 5) is 25.7. The van der Waals surface area contributed by atoms with Gasteiger partial charge in [0.2, 0.25) is 11.8 Å². The van der Waals surface area contributed by atoms with Gasteiger partial charge in [-0.1, -0.05) is 13.8 Å². The number of carbonyl (C=O) groups excluding carboxylic acids is 2. The number of thioether (sulfide) groups is 1. The molecule has 0 aromatic rings. The number of nitrogens with two attached hydrogens (primary N) is 1. The van der Waals surface area contributed by atoms with Gasteiger partial charge in [-0.2, -0.15) is 11.8 Å². The van der Waals surface area contributed by atoms with Gasteiger partial charge in [0, 0.05) is 17.8 Å². The van der Waals surface area contributed by atoms with Gasteiger partial charge in [-0.15, -0.1) is 0 Å². The van der Waals surface area contributed by atoms with E-state index in [0.29, 0.717) is 6.54 Å². The van der Waals surface area contributed by atoms with Crippen LogP contribution in [-0.4, -0.2) is 67.0 Å². The SMILES string of the molecule is CC(C)[C@H](N)C(=O)NCC(=O)NCC1(N(C)C)CCSC1. The second-order valence-electron chi connectivity index (χ2n) is 6.19. The largest absolute Gasteiger partial charge is 0.353 e. The minimum absolute atomic E-state index is 0.0180. The quantitative estimate of drug-likeness (QED) is 0.597. The summed E-state index contributed by atoms with van der Waals surface area (Å²) in [6.07, 6.45) is 1.07. The van der Waals surface area contributed by atoms with E-state index in [2.05, 4.69) is 15.5 Å². The number of nitrogens with one attached hydrogen (secondary N) is 2. The highest BCUT2D eigenvalue weighted by Gasteiger charge is 2.36. The second kappa shape index (κ2) is 8.00. The van der Waals surface area contributed by atoms with Crippen LogP contribution in [0.1, 0.15) is 20.3 Å². The Labute approximate surface area is 131 Å². The molecule has 1 heterocycles. The average molecular weight is 316 g/mol. The molecule has 0 aromatic heterocycles. The molecular formula is C14H28N4O2S. The minimum Gasteiger partial charge on any atom is -0.353 e. The van der Waals surface area contributed by atoms with Crippen molar-refractivity contribution in [2.24, 2.45) is 11.7 Å². The van der Waals surface area contributed by atoms with E-state index in [1.165, 1.54) is 0 Å². The van der Waals surface area contributed by atoms with Crippen LogP contribution < -0.4 is 16.4 Å². The zero-order valence-corrected chi connectivity index (χ0v) is 14.3. The molecule has 0 aromatic carbocycles. The Morgan fingerprint density at radius 3 is 2.48 bits per heavy atom. The topological polar surface area (TPSA) is 87.5 Å². The first-order valence-corrected chi connectivity index (χ1v) is 8.49. The van der Waals surface area contributed by atoms with Crippen molar-refractivity contribution >= 4 is 23.6 Å². The van der Waals surface area contributed by atoms with Crippen LogP contribution >= 0.6 is 11.8 Å². The number of rotatable bonds is 7. The number of amides is 2. The third-order valence-electron chi connectivity index (χ3n) is 4.09. The van der Waals surface area contributed by atoms with Crippen molar-refractivity contribution in [2.75, 3.05) is 38.7 Å². The Bertz CT molecular complexity index is 368. The number of hydrogen-bond donors (Lipinski definition) is 3. The van der Waals surface area contributed by atoms with Crippen LogP contribution in [0.15, 0.2) is 0 Å². The second-order valence-corrected chi connectivity index (χ2v) is 7.29. The standard InChI is InChI=1S/C14H28N4O2S/c1-10(2)12(15)13(20)16-7-11(19)17-8-14(18(3)4)5-6-21-9-14/h10,12H,5-9,15H2,1-4H3,(H,16,20)(H,17,19)/t12-,14?/m0/s1. The predicted molar refractivity (Wildman–Crippen MR) is 87.2 cm³/mol. The zero-order chi connectivity index (χ0) is 16.0. The van der Waals surface area contributed by atoms with Gasteiger partial charge in [-0.25, -0.2) is 0 Å². The molecule has 2 atom stereocenters. The summed E-state index contributed by atoms with van der Waals surface area (Å²) in [5.41, 5.74) is 5.75. The monoisotopic (exact) mass is 316 g/mol. The molecule has 6 nitrogen and oxygen atoms in total. The highest BCUT2D eigenvalue weighted by atomic mass is 32.2. The molecule has 0 saturated carbocycles. The van der Waals surface area contributed by atoms with Crippen molar-refractivity contribution in [3.05, 3.63) is 0 Å². The third-order valence-corrected chi connectivity index (χ3v) is 5.32. The molecular weight excluding hydrogens is 288 g/mol. The van der Waals surface area contributed by atoms with Crippen molar-refractivity contribution in [2.45, 2.75) is 31.8 Å².